The monoisotopic (exact) mass is 389 g/mol. The SMILES string of the molecule is CC(C)(C)CC(=O)OC[C@@]1(C#N)OC(c2ccc3c(N)ncnn23)[C@H](O)[C@@H]1O. The molecule has 1 unspecified atom stereocenters. The maximum atomic E-state index is 12.0. The molecule has 3 rings (SSSR count). The fourth-order valence-electron chi connectivity index (χ4n) is 3.15. The van der Waals surface area contributed by atoms with Gasteiger partial charge in [-0.1, -0.05) is 20.8 Å². The summed E-state index contributed by atoms with van der Waals surface area (Å²) in [5.74, 6) is -0.290. The van der Waals surface area contributed by atoms with Crippen LogP contribution in [0.15, 0.2) is 18.5 Å². The number of aromatic nitrogens is 3. The molecule has 150 valence electrons. The number of aliphatic hydroxyl groups is 2. The zero-order valence-corrected chi connectivity index (χ0v) is 15.9. The molecule has 2 aromatic rings. The van der Waals surface area contributed by atoms with E-state index in [2.05, 4.69) is 10.1 Å². The Morgan fingerprint density at radius 1 is 1.46 bits per heavy atom. The van der Waals surface area contributed by atoms with Crippen molar-refractivity contribution < 1.29 is 24.5 Å². The van der Waals surface area contributed by atoms with Crippen LogP contribution in [0.2, 0.25) is 0 Å². The number of nitrogens with two attached hydrogens (primary N) is 1. The minimum Gasteiger partial charge on any atom is -0.461 e. The summed E-state index contributed by atoms with van der Waals surface area (Å²) in [4.78, 5) is 15.9. The molecule has 0 saturated carbocycles. The van der Waals surface area contributed by atoms with Gasteiger partial charge in [0.25, 0.3) is 0 Å². The average molecular weight is 389 g/mol. The fourth-order valence-corrected chi connectivity index (χ4v) is 3.15. The van der Waals surface area contributed by atoms with Gasteiger partial charge < -0.3 is 25.4 Å². The van der Waals surface area contributed by atoms with Gasteiger partial charge in [-0.15, -0.1) is 0 Å². The Bertz CT molecular complexity index is 931. The average Bonchev–Trinajstić information content (AvgIpc) is 3.14. The maximum Gasteiger partial charge on any atom is 0.306 e. The van der Waals surface area contributed by atoms with E-state index in [1.54, 1.807) is 12.1 Å². The minimum atomic E-state index is -1.90. The summed E-state index contributed by atoms with van der Waals surface area (Å²) < 4.78 is 12.3. The van der Waals surface area contributed by atoms with Crippen molar-refractivity contribution >= 4 is 17.3 Å². The largest absolute Gasteiger partial charge is 0.461 e. The highest BCUT2D eigenvalue weighted by Gasteiger charge is 2.57. The molecule has 10 heteroatoms. The van der Waals surface area contributed by atoms with Gasteiger partial charge in [-0.3, -0.25) is 4.79 Å². The van der Waals surface area contributed by atoms with Crippen LogP contribution >= 0.6 is 0 Å². The smallest absolute Gasteiger partial charge is 0.306 e. The van der Waals surface area contributed by atoms with E-state index in [-0.39, 0.29) is 17.7 Å². The fraction of sp³-hybridized carbons (Fsp3) is 0.556. The Morgan fingerprint density at radius 2 is 2.18 bits per heavy atom. The van der Waals surface area contributed by atoms with Crippen molar-refractivity contribution in [1.29, 1.82) is 5.26 Å². The number of nitriles is 1. The summed E-state index contributed by atoms with van der Waals surface area (Å²) in [5.41, 5.74) is 4.49. The lowest BCUT2D eigenvalue weighted by molar-refractivity contribution is -0.156. The number of ether oxygens (including phenoxy) is 2. The number of rotatable bonds is 4. The van der Waals surface area contributed by atoms with Crippen LogP contribution in [0.25, 0.3) is 5.52 Å². The number of esters is 1. The van der Waals surface area contributed by atoms with Crippen LogP contribution in [0.1, 0.15) is 39.0 Å². The first-order valence-corrected chi connectivity index (χ1v) is 8.77. The van der Waals surface area contributed by atoms with E-state index >= 15 is 0 Å². The molecule has 2 aromatic heterocycles. The minimum absolute atomic E-state index is 0.135. The van der Waals surface area contributed by atoms with Crippen molar-refractivity contribution in [3.05, 3.63) is 24.2 Å². The Balaban J connectivity index is 1.84. The molecular weight excluding hydrogens is 366 g/mol. The number of hydrogen-bond acceptors (Lipinski definition) is 9. The van der Waals surface area contributed by atoms with E-state index in [4.69, 9.17) is 15.2 Å². The molecule has 28 heavy (non-hydrogen) atoms. The second kappa shape index (κ2) is 7.01. The third-order valence-corrected chi connectivity index (χ3v) is 4.56. The van der Waals surface area contributed by atoms with Gasteiger partial charge in [-0.05, 0) is 17.5 Å². The van der Waals surface area contributed by atoms with Gasteiger partial charge in [-0.25, -0.2) is 9.50 Å². The first-order chi connectivity index (χ1) is 13.1. The highest BCUT2D eigenvalue weighted by Crippen LogP contribution is 2.40. The number of carbonyl (C=O) groups is 1. The summed E-state index contributed by atoms with van der Waals surface area (Å²) in [6, 6.07) is 5.10. The number of anilines is 1. The number of carbonyl (C=O) groups excluding carboxylic acids is 1. The summed E-state index contributed by atoms with van der Waals surface area (Å²) >= 11 is 0. The normalized spacial score (nSPS) is 27.6. The van der Waals surface area contributed by atoms with Gasteiger partial charge in [0.2, 0.25) is 5.60 Å². The third kappa shape index (κ3) is 3.52. The first-order valence-electron chi connectivity index (χ1n) is 8.77. The third-order valence-electron chi connectivity index (χ3n) is 4.56. The lowest BCUT2D eigenvalue weighted by Gasteiger charge is -2.25. The van der Waals surface area contributed by atoms with E-state index in [9.17, 15) is 20.3 Å². The van der Waals surface area contributed by atoms with Gasteiger partial charge >= 0.3 is 5.97 Å². The predicted octanol–water partition coefficient (Wildman–Crippen LogP) is 0.346. The topological polar surface area (TPSA) is 156 Å². The molecule has 4 atom stereocenters. The number of nitrogens with zero attached hydrogens (tertiary/aromatic N) is 4. The number of aliphatic hydroxyl groups excluding tert-OH is 2. The Morgan fingerprint density at radius 3 is 2.82 bits per heavy atom. The van der Waals surface area contributed by atoms with Crippen LogP contribution in [0.4, 0.5) is 5.82 Å². The van der Waals surface area contributed by atoms with Crippen molar-refractivity contribution in [2.75, 3.05) is 12.3 Å². The highest BCUT2D eigenvalue weighted by molar-refractivity contribution is 5.70. The number of nitrogen functional groups attached to an aromatic ring is 1. The van der Waals surface area contributed by atoms with Crippen LogP contribution in [0.5, 0.6) is 0 Å². The zero-order valence-electron chi connectivity index (χ0n) is 15.9. The summed E-state index contributed by atoms with van der Waals surface area (Å²) in [7, 11) is 0. The Kier molecular flexibility index (Phi) is 5.01. The van der Waals surface area contributed by atoms with Gasteiger partial charge in [0, 0.05) is 0 Å². The number of hydrogen-bond donors (Lipinski definition) is 3. The van der Waals surface area contributed by atoms with Crippen molar-refractivity contribution in [1.82, 2.24) is 14.6 Å². The second-order valence-electron chi connectivity index (χ2n) is 8.07. The van der Waals surface area contributed by atoms with E-state index in [0.717, 1.165) is 0 Å². The maximum absolute atomic E-state index is 12.0. The van der Waals surface area contributed by atoms with Gasteiger partial charge in [-0.2, -0.15) is 10.4 Å². The van der Waals surface area contributed by atoms with Crippen molar-refractivity contribution in [2.24, 2.45) is 5.41 Å². The summed E-state index contributed by atoms with van der Waals surface area (Å²) in [5, 5.41) is 34.7. The van der Waals surface area contributed by atoms with E-state index in [0.29, 0.717) is 11.2 Å². The van der Waals surface area contributed by atoms with Gasteiger partial charge in [0.05, 0.1) is 12.1 Å². The molecular formula is C18H23N5O5. The molecule has 0 spiro atoms. The van der Waals surface area contributed by atoms with Crippen LogP contribution in [-0.4, -0.2) is 55.2 Å². The molecule has 0 aliphatic carbocycles. The van der Waals surface area contributed by atoms with Crippen LogP contribution < -0.4 is 5.73 Å². The standard InChI is InChI=1S/C18H23N5O5/c1-17(2,3)6-12(24)27-8-18(7-19)15(26)13(25)14(28-18)10-4-5-11-16(20)21-9-22-23(10)11/h4-5,9,13-15,25-26H,6,8H2,1-3H3,(H2,20,21,22)/t13-,14?,15-,18+/m0/s1. The van der Waals surface area contributed by atoms with Crippen molar-refractivity contribution in [2.45, 2.75) is 51.1 Å². The molecule has 0 radical (unpaired) electrons. The van der Waals surface area contributed by atoms with E-state index < -0.39 is 36.5 Å². The zero-order chi connectivity index (χ0) is 20.7. The molecule has 3 heterocycles. The number of fused-ring (bicyclic) bond motifs is 1. The van der Waals surface area contributed by atoms with Crippen LogP contribution in [0, 0.1) is 16.7 Å². The molecule has 1 aliphatic rings. The molecule has 1 saturated heterocycles. The predicted molar refractivity (Wildman–Crippen MR) is 96.6 cm³/mol. The van der Waals surface area contributed by atoms with Crippen LogP contribution in [-0.2, 0) is 14.3 Å². The first kappa shape index (κ1) is 20.0. The van der Waals surface area contributed by atoms with Crippen LogP contribution in [0.3, 0.4) is 0 Å². The quantitative estimate of drug-likeness (QED) is 0.628. The van der Waals surface area contributed by atoms with Crippen molar-refractivity contribution in [3.63, 3.8) is 0 Å². The van der Waals surface area contributed by atoms with Crippen molar-refractivity contribution in [3.8, 4) is 6.07 Å². The van der Waals surface area contributed by atoms with E-state index in [1.165, 1.54) is 10.8 Å². The summed E-state index contributed by atoms with van der Waals surface area (Å²) in [6.45, 7) is 5.12. The molecule has 0 bridgehead atoms. The lowest BCUT2D eigenvalue weighted by atomic mass is 9.92. The Hall–Kier alpha value is -2.74. The lowest BCUT2D eigenvalue weighted by Crippen LogP contribution is -2.46. The molecule has 1 aliphatic heterocycles. The Labute approximate surface area is 161 Å². The molecule has 4 N–H and O–H groups in total. The van der Waals surface area contributed by atoms with Gasteiger partial charge in [0.1, 0.15) is 42.8 Å². The molecule has 0 amide bonds. The summed E-state index contributed by atoms with van der Waals surface area (Å²) in [6.07, 6.45) is -2.72. The second-order valence-corrected chi connectivity index (χ2v) is 8.07. The molecule has 1 fully saturated rings. The molecule has 0 aromatic carbocycles. The van der Waals surface area contributed by atoms with Gasteiger partial charge in [0.15, 0.2) is 5.82 Å². The highest BCUT2D eigenvalue weighted by atomic mass is 16.6. The van der Waals surface area contributed by atoms with E-state index in [1.807, 2.05) is 26.8 Å². The molecule has 10 nitrogen and oxygen atoms in total.